The second-order valence-electron chi connectivity index (χ2n) is 7.74. The number of amidine groups is 1. The molecular weight excluding hydrogens is 312 g/mol. The molecule has 0 aromatic heterocycles. The number of nitrogens with one attached hydrogen (secondary N) is 3. The lowest BCUT2D eigenvalue weighted by Crippen LogP contribution is -2.42. The summed E-state index contributed by atoms with van der Waals surface area (Å²) in [6.07, 6.45) is 6.62. The van der Waals surface area contributed by atoms with Crippen LogP contribution in [0.2, 0.25) is 0 Å². The van der Waals surface area contributed by atoms with Gasteiger partial charge in [-0.2, -0.15) is 0 Å². The minimum atomic E-state index is -0.0356. The Balaban J connectivity index is 1.38. The molecule has 2 unspecified atom stereocenters. The second kappa shape index (κ2) is 7.70. The molecular formula is C16H30N4O2S. The van der Waals surface area contributed by atoms with E-state index in [0.29, 0.717) is 5.92 Å². The van der Waals surface area contributed by atoms with Crippen LogP contribution in [0.4, 0.5) is 0 Å². The lowest BCUT2D eigenvalue weighted by Gasteiger charge is -2.29. The van der Waals surface area contributed by atoms with Gasteiger partial charge in [0, 0.05) is 17.1 Å². The predicted octanol–water partition coefficient (Wildman–Crippen LogP) is 2.38. The van der Waals surface area contributed by atoms with Crippen molar-refractivity contribution in [2.75, 3.05) is 12.3 Å². The van der Waals surface area contributed by atoms with Gasteiger partial charge >= 0.3 is 0 Å². The first kappa shape index (κ1) is 17.5. The standard InChI is InChI=1S/C16H30N4O2S/c1-16(2,3)14-18-19-15(21-14)23-10-12-9-17-13(20-22-12)11-7-5-4-6-8-11/h11-12,14-15,18-19H,4-10H2,1-3H3,(H,17,20)/t12-,14?,15?/m0/s1. The molecule has 0 bridgehead atoms. The van der Waals surface area contributed by atoms with Gasteiger partial charge in [0.25, 0.3) is 0 Å². The molecule has 23 heavy (non-hydrogen) atoms. The highest BCUT2D eigenvalue weighted by molar-refractivity contribution is 7.99. The number of hydroxylamine groups is 1. The average Bonchev–Trinajstić information content (AvgIpc) is 3.04. The molecule has 2 aliphatic heterocycles. The summed E-state index contributed by atoms with van der Waals surface area (Å²) in [6.45, 7) is 7.23. The van der Waals surface area contributed by atoms with Crippen molar-refractivity contribution in [3.05, 3.63) is 0 Å². The van der Waals surface area contributed by atoms with Crippen LogP contribution in [0.1, 0.15) is 52.9 Å². The maximum atomic E-state index is 5.96. The van der Waals surface area contributed by atoms with Crippen LogP contribution >= 0.6 is 11.8 Å². The van der Waals surface area contributed by atoms with Gasteiger partial charge in [-0.15, -0.1) is 11.8 Å². The minimum Gasteiger partial charge on any atom is -0.333 e. The Morgan fingerprint density at radius 1 is 1.17 bits per heavy atom. The molecule has 2 heterocycles. The SMILES string of the molecule is CC(C)(C)C1NNC(SC[C@@H]2CN=C(C3CCCCC3)NO2)O1. The maximum Gasteiger partial charge on any atom is 0.170 e. The fourth-order valence-corrected chi connectivity index (χ4v) is 4.02. The minimum absolute atomic E-state index is 0.0290. The number of thioether (sulfide) groups is 1. The van der Waals surface area contributed by atoms with E-state index in [9.17, 15) is 0 Å². The van der Waals surface area contributed by atoms with Crippen molar-refractivity contribution in [1.82, 2.24) is 16.3 Å². The highest BCUT2D eigenvalue weighted by atomic mass is 32.2. The zero-order valence-corrected chi connectivity index (χ0v) is 15.2. The molecule has 1 aliphatic carbocycles. The van der Waals surface area contributed by atoms with Gasteiger partial charge in [0.1, 0.15) is 18.2 Å². The monoisotopic (exact) mass is 342 g/mol. The molecule has 3 N–H and O–H groups in total. The molecule has 3 atom stereocenters. The zero-order valence-electron chi connectivity index (χ0n) is 14.4. The molecule has 3 rings (SSSR count). The highest BCUT2D eigenvalue weighted by Crippen LogP contribution is 2.28. The number of rotatable bonds is 4. The van der Waals surface area contributed by atoms with E-state index in [-0.39, 0.29) is 23.3 Å². The number of aliphatic imine (C=N–C) groups is 1. The molecule has 1 saturated carbocycles. The van der Waals surface area contributed by atoms with Gasteiger partial charge in [0.05, 0.1) is 6.54 Å². The van der Waals surface area contributed by atoms with E-state index >= 15 is 0 Å². The van der Waals surface area contributed by atoms with Gasteiger partial charge < -0.3 is 4.74 Å². The van der Waals surface area contributed by atoms with Crippen molar-refractivity contribution in [2.24, 2.45) is 16.3 Å². The molecule has 7 heteroatoms. The summed E-state index contributed by atoms with van der Waals surface area (Å²) in [5, 5.41) is 0. The van der Waals surface area contributed by atoms with Crippen molar-refractivity contribution in [2.45, 2.75) is 70.8 Å². The predicted molar refractivity (Wildman–Crippen MR) is 93.7 cm³/mol. The van der Waals surface area contributed by atoms with Crippen LogP contribution in [0.25, 0.3) is 0 Å². The first-order valence-corrected chi connectivity index (χ1v) is 9.81. The van der Waals surface area contributed by atoms with E-state index in [1.54, 1.807) is 11.8 Å². The average molecular weight is 343 g/mol. The smallest absolute Gasteiger partial charge is 0.170 e. The van der Waals surface area contributed by atoms with E-state index in [4.69, 9.17) is 14.6 Å². The van der Waals surface area contributed by atoms with Gasteiger partial charge in [0.15, 0.2) is 5.56 Å². The molecule has 132 valence electrons. The topological polar surface area (TPSA) is 66.9 Å². The number of hydrogen-bond acceptors (Lipinski definition) is 7. The third-order valence-electron chi connectivity index (χ3n) is 4.60. The summed E-state index contributed by atoms with van der Waals surface area (Å²) in [5.41, 5.74) is 9.54. The molecule has 0 aromatic rings. The largest absolute Gasteiger partial charge is 0.333 e. The summed E-state index contributed by atoms with van der Waals surface area (Å²) in [5.74, 6) is 2.49. The molecule has 0 spiro atoms. The number of hydrazine groups is 1. The lowest BCUT2D eigenvalue weighted by molar-refractivity contribution is 0.00326. The third kappa shape index (κ3) is 4.82. The van der Waals surface area contributed by atoms with Crippen LogP contribution in [0, 0.1) is 11.3 Å². The van der Waals surface area contributed by atoms with Gasteiger partial charge in [-0.25, -0.2) is 10.9 Å². The molecule has 0 amide bonds. The molecule has 2 fully saturated rings. The zero-order chi connectivity index (χ0) is 16.3. The molecule has 1 saturated heterocycles. The van der Waals surface area contributed by atoms with Gasteiger partial charge in [0.2, 0.25) is 0 Å². The van der Waals surface area contributed by atoms with E-state index in [1.807, 2.05) is 0 Å². The van der Waals surface area contributed by atoms with Crippen molar-refractivity contribution < 1.29 is 9.57 Å². The Hall–Kier alpha value is -0.340. The van der Waals surface area contributed by atoms with E-state index in [2.05, 4.69) is 37.1 Å². The first-order chi connectivity index (χ1) is 11.0. The third-order valence-corrected chi connectivity index (χ3v) is 5.70. The number of hydrogen-bond donors (Lipinski definition) is 3. The Kier molecular flexibility index (Phi) is 5.85. The first-order valence-electron chi connectivity index (χ1n) is 8.76. The number of ether oxygens (including phenoxy) is 1. The van der Waals surface area contributed by atoms with Crippen molar-refractivity contribution >= 4 is 17.6 Å². The van der Waals surface area contributed by atoms with Crippen LogP contribution in [-0.4, -0.2) is 36.0 Å². The van der Waals surface area contributed by atoms with Gasteiger partial charge in [-0.05, 0) is 12.8 Å². The molecule has 0 aromatic carbocycles. The Morgan fingerprint density at radius 3 is 2.57 bits per heavy atom. The lowest BCUT2D eigenvalue weighted by atomic mass is 9.88. The summed E-state index contributed by atoms with van der Waals surface area (Å²) in [4.78, 5) is 10.5. The van der Waals surface area contributed by atoms with Crippen LogP contribution in [0.15, 0.2) is 4.99 Å². The van der Waals surface area contributed by atoms with Crippen LogP contribution in [-0.2, 0) is 9.57 Å². The Morgan fingerprint density at radius 2 is 1.96 bits per heavy atom. The Bertz CT molecular complexity index is 421. The fraction of sp³-hybridized carbons (Fsp3) is 0.938. The van der Waals surface area contributed by atoms with Crippen molar-refractivity contribution in [3.8, 4) is 0 Å². The quantitative estimate of drug-likeness (QED) is 0.729. The maximum absolute atomic E-state index is 5.96. The number of nitrogens with zero attached hydrogens (tertiary/aromatic N) is 1. The van der Waals surface area contributed by atoms with Crippen LogP contribution in [0.3, 0.4) is 0 Å². The second-order valence-corrected chi connectivity index (χ2v) is 8.83. The summed E-state index contributed by atoms with van der Waals surface area (Å²) < 4.78 is 5.96. The summed E-state index contributed by atoms with van der Waals surface area (Å²) >= 11 is 1.72. The van der Waals surface area contributed by atoms with Crippen LogP contribution < -0.4 is 16.3 Å². The molecule has 3 aliphatic rings. The van der Waals surface area contributed by atoms with Crippen LogP contribution in [0.5, 0.6) is 0 Å². The van der Waals surface area contributed by atoms with Gasteiger partial charge in [-0.3, -0.25) is 15.3 Å². The van der Waals surface area contributed by atoms with E-state index in [0.717, 1.165) is 18.1 Å². The summed E-state index contributed by atoms with van der Waals surface area (Å²) in [6, 6.07) is 0. The van der Waals surface area contributed by atoms with Crippen molar-refractivity contribution in [1.29, 1.82) is 0 Å². The van der Waals surface area contributed by atoms with E-state index in [1.165, 1.54) is 32.1 Å². The normalized spacial score (nSPS) is 33.3. The van der Waals surface area contributed by atoms with E-state index < -0.39 is 0 Å². The summed E-state index contributed by atoms with van der Waals surface area (Å²) in [7, 11) is 0. The Labute approximate surface area is 143 Å². The fourth-order valence-electron chi connectivity index (χ4n) is 3.12. The highest BCUT2D eigenvalue weighted by Gasteiger charge is 2.34. The molecule has 6 nitrogen and oxygen atoms in total. The van der Waals surface area contributed by atoms with Gasteiger partial charge in [-0.1, -0.05) is 40.0 Å². The van der Waals surface area contributed by atoms with Crippen molar-refractivity contribution in [3.63, 3.8) is 0 Å². The molecule has 0 radical (unpaired) electrons.